The standard InChI is InChI=1S/C38H36F5N5O3S/c1-5-32(49)47-16-20(2)48-29(21(47)3)15-28(45-48)37-35(33-26(40)13-25(39)14-30(33)51-11-10-50-4)34-27(41)19-52-38(34)36(44-37)23-6-7-24-17-46(18-31(42)43)9-8-22(24)12-23/h5-7,12-15,19-21,31H,1,8-11,16-18H2,2-4H3/t20-,21+/m0/s1. The van der Waals surface area contributed by atoms with Crippen molar-refractivity contribution < 1.29 is 36.2 Å². The zero-order chi connectivity index (χ0) is 36.8. The topological polar surface area (TPSA) is 72.7 Å². The first kappa shape index (κ1) is 35.7. The average molecular weight is 738 g/mol. The van der Waals surface area contributed by atoms with Crippen molar-refractivity contribution in [3.8, 4) is 39.5 Å². The molecule has 8 nitrogen and oxygen atoms in total. The second kappa shape index (κ2) is 14.4. The molecule has 0 saturated heterocycles. The summed E-state index contributed by atoms with van der Waals surface area (Å²) < 4.78 is 86.6. The summed E-state index contributed by atoms with van der Waals surface area (Å²) in [5, 5.41) is 6.29. The van der Waals surface area contributed by atoms with Crippen molar-refractivity contribution in [2.24, 2.45) is 0 Å². The number of aromatic nitrogens is 3. The van der Waals surface area contributed by atoms with Gasteiger partial charge >= 0.3 is 0 Å². The number of carbonyl (C=O) groups excluding carboxylic acids is 1. The third-order valence-corrected chi connectivity index (χ3v) is 10.6. The van der Waals surface area contributed by atoms with E-state index in [0.29, 0.717) is 53.8 Å². The molecular weight excluding hydrogens is 702 g/mol. The Hall–Kier alpha value is -4.66. The van der Waals surface area contributed by atoms with Crippen molar-refractivity contribution >= 4 is 27.3 Å². The van der Waals surface area contributed by atoms with Crippen LogP contribution in [0.2, 0.25) is 0 Å². The Morgan fingerprint density at radius 2 is 1.87 bits per heavy atom. The summed E-state index contributed by atoms with van der Waals surface area (Å²) in [6.07, 6.45) is -0.645. The molecule has 0 N–H and O–H groups in total. The summed E-state index contributed by atoms with van der Waals surface area (Å²) in [5.74, 6) is -2.90. The molecule has 0 bridgehead atoms. The van der Waals surface area contributed by atoms with Crippen molar-refractivity contribution in [2.45, 2.75) is 45.3 Å². The van der Waals surface area contributed by atoms with E-state index in [1.165, 1.54) is 18.6 Å². The molecule has 2 aliphatic rings. The Morgan fingerprint density at radius 1 is 1.06 bits per heavy atom. The zero-order valence-corrected chi connectivity index (χ0v) is 29.6. The number of hydrogen-bond donors (Lipinski definition) is 0. The molecule has 5 aromatic rings. The molecule has 2 aromatic carbocycles. The molecule has 0 fully saturated rings. The number of halogens is 5. The van der Waals surface area contributed by atoms with Crippen molar-refractivity contribution in [1.29, 1.82) is 0 Å². The molecule has 0 aliphatic carbocycles. The molecule has 2 atom stereocenters. The molecule has 52 heavy (non-hydrogen) atoms. The molecule has 5 heterocycles. The molecule has 2 aliphatic heterocycles. The van der Waals surface area contributed by atoms with E-state index in [0.717, 1.165) is 28.5 Å². The lowest BCUT2D eigenvalue weighted by molar-refractivity contribution is -0.129. The number of benzene rings is 2. The number of thiophene rings is 1. The van der Waals surface area contributed by atoms with E-state index in [4.69, 9.17) is 19.6 Å². The Kier molecular flexibility index (Phi) is 9.89. The Balaban J connectivity index is 1.47. The number of rotatable bonds is 10. The third-order valence-electron chi connectivity index (χ3n) is 9.69. The summed E-state index contributed by atoms with van der Waals surface area (Å²) in [7, 11) is 1.47. The molecular formula is C38H36F5N5O3S. The molecule has 7 rings (SSSR count). The maximum Gasteiger partial charge on any atom is 0.251 e. The lowest BCUT2D eigenvalue weighted by atomic mass is 9.93. The number of nitrogens with zero attached hydrogens (tertiary/aromatic N) is 5. The second-order valence-electron chi connectivity index (χ2n) is 13.1. The SMILES string of the molecule is C=CC(=O)N1C[C@H](C)n2nc(-c3nc(-c4ccc5c(c4)CCN(CC(F)F)C5)c4scc(F)c4c3-c3c(F)cc(F)cc3OCCOC)cc2[C@H]1C. The predicted molar refractivity (Wildman–Crippen MR) is 189 cm³/mol. The van der Waals surface area contributed by atoms with Crippen LogP contribution < -0.4 is 4.74 Å². The fourth-order valence-corrected chi connectivity index (χ4v) is 8.16. The van der Waals surface area contributed by atoms with E-state index in [1.54, 1.807) is 20.5 Å². The average Bonchev–Trinajstić information content (AvgIpc) is 3.74. The van der Waals surface area contributed by atoms with Gasteiger partial charge in [0.1, 0.15) is 41.2 Å². The second-order valence-corrected chi connectivity index (χ2v) is 13.9. The number of hydrogen-bond acceptors (Lipinski definition) is 7. The summed E-state index contributed by atoms with van der Waals surface area (Å²) >= 11 is 1.10. The summed E-state index contributed by atoms with van der Waals surface area (Å²) in [6, 6.07) is 8.49. The number of alkyl halides is 2. The van der Waals surface area contributed by atoms with Gasteiger partial charge in [-0.15, -0.1) is 11.3 Å². The van der Waals surface area contributed by atoms with Gasteiger partial charge in [0, 0.05) is 60.8 Å². The maximum atomic E-state index is 16.3. The van der Waals surface area contributed by atoms with E-state index in [-0.39, 0.29) is 65.4 Å². The molecule has 3 aromatic heterocycles. The van der Waals surface area contributed by atoms with Gasteiger partial charge in [0.25, 0.3) is 6.43 Å². The van der Waals surface area contributed by atoms with Gasteiger partial charge < -0.3 is 14.4 Å². The van der Waals surface area contributed by atoms with Gasteiger partial charge in [0.05, 0.1) is 46.9 Å². The fraction of sp³-hybridized carbons (Fsp3) is 0.342. The van der Waals surface area contributed by atoms with E-state index in [9.17, 15) is 18.0 Å². The van der Waals surface area contributed by atoms with Crippen LogP contribution >= 0.6 is 11.3 Å². The number of fused-ring (bicyclic) bond motifs is 3. The van der Waals surface area contributed by atoms with Gasteiger partial charge in [-0.2, -0.15) is 5.10 Å². The quantitative estimate of drug-likeness (QED) is 0.0818. The first-order valence-electron chi connectivity index (χ1n) is 16.9. The largest absolute Gasteiger partial charge is 0.490 e. The van der Waals surface area contributed by atoms with Crippen LogP contribution in [0.4, 0.5) is 22.0 Å². The van der Waals surface area contributed by atoms with Crippen LogP contribution in [0.3, 0.4) is 0 Å². The predicted octanol–water partition coefficient (Wildman–Crippen LogP) is 8.21. The van der Waals surface area contributed by atoms with E-state index in [1.807, 2.05) is 32.0 Å². The van der Waals surface area contributed by atoms with Crippen LogP contribution in [-0.2, 0) is 22.5 Å². The first-order valence-corrected chi connectivity index (χ1v) is 17.7. The van der Waals surface area contributed by atoms with Crippen molar-refractivity contribution in [1.82, 2.24) is 24.6 Å². The van der Waals surface area contributed by atoms with E-state index < -0.39 is 29.9 Å². The van der Waals surface area contributed by atoms with E-state index in [2.05, 4.69) is 6.58 Å². The third kappa shape index (κ3) is 6.47. The van der Waals surface area contributed by atoms with Gasteiger partial charge in [-0.3, -0.25) is 14.4 Å². The van der Waals surface area contributed by atoms with Gasteiger partial charge in [-0.25, -0.2) is 26.9 Å². The Labute approximate surface area is 301 Å². The van der Waals surface area contributed by atoms with Gasteiger partial charge in [-0.05, 0) is 49.6 Å². The highest BCUT2D eigenvalue weighted by Crippen LogP contribution is 2.48. The first-order chi connectivity index (χ1) is 25.0. The molecule has 0 unspecified atom stereocenters. The minimum absolute atomic E-state index is 0.0344. The van der Waals surface area contributed by atoms with Crippen molar-refractivity contribution in [2.75, 3.05) is 40.0 Å². The number of pyridine rings is 1. The molecule has 0 saturated carbocycles. The van der Waals surface area contributed by atoms with Crippen LogP contribution in [0.15, 0.2) is 54.4 Å². The van der Waals surface area contributed by atoms with Crippen molar-refractivity contribution in [3.63, 3.8) is 0 Å². The number of carbonyl (C=O) groups is 1. The van der Waals surface area contributed by atoms with Crippen LogP contribution in [0.1, 0.15) is 42.8 Å². The highest BCUT2D eigenvalue weighted by molar-refractivity contribution is 7.17. The minimum atomic E-state index is -2.44. The summed E-state index contributed by atoms with van der Waals surface area (Å²) in [6.45, 7) is 8.38. The van der Waals surface area contributed by atoms with Gasteiger partial charge in [0.2, 0.25) is 5.91 Å². The van der Waals surface area contributed by atoms with E-state index >= 15 is 8.78 Å². The van der Waals surface area contributed by atoms with Crippen LogP contribution in [0.25, 0.3) is 43.9 Å². The normalized spacial score (nSPS) is 17.4. The molecule has 14 heteroatoms. The zero-order valence-electron chi connectivity index (χ0n) is 28.8. The lowest BCUT2D eigenvalue weighted by Gasteiger charge is -2.36. The number of ether oxygens (including phenoxy) is 2. The van der Waals surface area contributed by atoms with Crippen molar-refractivity contribution in [3.05, 3.63) is 88.7 Å². The molecule has 1 amide bonds. The smallest absolute Gasteiger partial charge is 0.251 e. The van der Waals surface area contributed by atoms with Crippen LogP contribution in [0.5, 0.6) is 5.75 Å². The monoisotopic (exact) mass is 737 g/mol. The number of methoxy groups -OCH3 is 1. The van der Waals surface area contributed by atoms with Crippen LogP contribution in [0, 0.1) is 17.5 Å². The Morgan fingerprint density at radius 3 is 2.62 bits per heavy atom. The number of amides is 1. The minimum Gasteiger partial charge on any atom is -0.490 e. The molecule has 0 radical (unpaired) electrons. The molecule has 272 valence electrons. The highest BCUT2D eigenvalue weighted by atomic mass is 32.1. The van der Waals surface area contributed by atoms with Crippen LogP contribution in [-0.4, -0.2) is 76.9 Å². The Bertz CT molecular complexity index is 2190. The fourth-order valence-electron chi connectivity index (χ4n) is 7.22. The van der Waals surface area contributed by atoms with Gasteiger partial charge in [0.15, 0.2) is 0 Å². The van der Waals surface area contributed by atoms with Gasteiger partial charge in [-0.1, -0.05) is 18.7 Å². The highest BCUT2D eigenvalue weighted by Gasteiger charge is 2.35. The summed E-state index contributed by atoms with van der Waals surface area (Å²) in [5.41, 5.74) is 3.91. The lowest BCUT2D eigenvalue weighted by Crippen LogP contribution is -2.42. The molecule has 0 spiro atoms. The maximum absolute atomic E-state index is 16.3. The summed E-state index contributed by atoms with van der Waals surface area (Å²) in [4.78, 5) is 21.3.